The fraction of sp³-hybridized carbons (Fsp3) is 0.200. The summed E-state index contributed by atoms with van der Waals surface area (Å²) in [4.78, 5) is 15.9. The molecule has 0 unspecified atom stereocenters. The molecule has 0 saturated carbocycles. The van der Waals surface area contributed by atoms with Gasteiger partial charge in [0.15, 0.2) is 0 Å². The Morgan fingerprint density at radius 3 is 2.70 bits per heavy atom. The molecule has 0 radical (unpaired) electrons. The molecular formula is C15H15ClN2O2. The number of hydrogen-bond donors (Lipinski definition) is 2. The van der Waals surface area contributed by atoms with Crippen molar-refractivity contribution in [3.8, 4) is 0 Å². The van der Waals surface area contributed by atoms with E-state index in [1.54, 1.807) is 6.07 Å². The molecule has 2 N–H and O–H groups in total. The average Bonchev–Trinajstić information content (AvgIpc) is 2.48. The van der Waals surface area contributed by atoms with Crippen LogP contribution in [0.3, 0.4) is 0 Å². The maximum Gasteiger partial charge on any atom is 0.253 e. The molecule has 4 nitrogen and oxygen atoms in total. The van der Waals surface area contributed by atoms with Crippen LogP contribution >= 0.6 is 11.6 Å². The van der Waals surface area contributed by atoms with E-state index in [0.717, 1.165) is 5.56 Å². The third kappa shape index (κ3) is 3.79. The molecule has 0 bridgehead atoms. The van der Waals surface area contributed by atoms with E-state index in [-0.39, 0.29) is 18.6 Å². The van der Waals surface area contributed by atoms with Crippen LogP contribution in [0.15, 0.2) is 48.8 Å². The summed E-state index contributed by atoms with van der Waals surface area (Å²) in [5, 5.41) is 12.5. The van der Waals surface area contributed by atoms with Gasteiger partial charge in [-0.3, -0.25) is 9.78 Å². The Morgan fingerprint density at radius 2 is 2.05 bits per heavy atom. The summed E-state index contributed by atoms with van der Waals surface area (Å²) in [6, 6.07) is 10.9. The van der Waals surface area contributed by atoms with Gasteiger partial charge in [-0.05, 0) is 18.1 Å². The molecule has 1 aromatic carbocycles. The van der Waals surface area contributed by atoms with E-state index in [0.29, 0.717) is 17.0 Å². The van der Waals surface area contributed by atoms with Gasteiger partial charge >= 0.3 is 0 Å². The number of benzene rings is 1. The molecule has 0 fully saturated rings. The van der Waals surface area contributed by atoms with Crippen LogP contribution in [0.25, 0.3) is 0 Å². The van der Waals surface area contributed by atoms with Crippen molar-refractivity contribution in [2.45, 2.75) is 12.5 Å². The van der Waals surface area contributed by atoms with Crippen molar-refractivity contribution >= 4 is 17.5 Å². The minimum atomic E-state index is -0.353. The molecule has 0 spiro atoms. The molecule has 104 valence electrons. The number of aromatic nitrogens is 1. The number of halogens is 1. The Hall–Kier alpha value is -1.91. The van der Waals surface area contributed by atoms with Crippen molar-refractivity contribution in [2.24, 2.45) is 0 Å². The van der Waals surface area contributed by atoms with Crippen molar-refractivity contribution in [3.05, 3.63) is 64.9 Å². The monoisotopic (exact) mass is 290 g/mol. The number of rotatable bonds is 5. The molecule has 2 aromatic rings. The van der Waals surface area contributed by atoms with Gasteiger partial charge < -0.3 is 10.4 Å². The topological polar surface area (TPSA) is 62.2 Å². The maximum absolute atomic E-state index is 12.1. The van der Waals surface area contributed by atoms with Gasteiger partial charge in [-0.1, -0.05) is 41.9 Å². The zero-order valence-electron chi connectivity index (χ0n) is 10.8. The minimum Gasteiger partial charge on any atom is -0.394 e. The third-order valence-electron chi connectivity index (χ3n) is 2.90. The van der Waals surface area contributed by atoms with Crippen molar-refractivity contribution < 1.29 is 9.90 Å². The lowest BCUT2D eigenvalue weighted by Gasteiger charge is -2.16. The molecule has 20 heavy (non-hydrogen) atoms. The number of pyridine rings is 1. The Kier molecular flexibility index (Phi) is 5.09. The first kappa shape index (κ1) is 14.5. The van der Waals surface area contributed by atoms with Gasteiger partial charge in [0.2, 0.25) is 0 Å². The van der Waals surface area contributed by atoms with Gasteiger partial charge in [-0.15, -0.1) is 0 Å². The van der Waals surface area contributed by atoms with E-state index < -0.39 is 0 Å². The molecule has 0 aliphatic carbocycles. The van der Waals surface area contributed by atoms with Crippen LogP contribution in [0.5, 0.6) is 0 Å². The standard InChI is InChI=1S/C15H15ClN2O2/c16-14-9-17-7-6-13(14)15(20)18-12(10-19)8-11-4-2-1-3-5-11/h1-7,9,12,19H,8,10H2,(H,18,20)/t12-/m0/s1. The van der Waals surface area contributed by atoms with Crippen LogP contribution in [0.4, 0.5) is 0 Å². The van der Waals surface area contributed by atoms with Crippen LogP contribution < -0.4 is 5.32 Å². The van der Waals surface area contributed by atoms with Crippen molar-refractivity contribution in [2.75, 3.05) is 6.61 Å². The van der Waals surface area contributed by atoms with Gasteiger partial charge in [-0.25, -0.2) is 0 Å². The lowest BCUT2D eigenvalue weighted by Crippen LogP contribution is -2.39. The summed E-state index contributed by atoms with van der Waals surface area (Å²) < 4.78 is 0. The van der Waals surface area contributed by atoms with Crippen LogP contribution in [-0.4, -0.2) is 28.6 Å². The number of amides is 1. The highest BCUT2D eigenvalue weighted by Gasteiger charge is 2.15. The summed E-state index contributed by atoms with van der Waals surface area (Å²) in [5.41, 5.74) is 1.40. The molecule has 2 rings (SSSR count). The lowest BCUT2D eigenvalue weighted by atomic mass is 10.1. The summed E-state index contributed by atoms with van der Waals surface area (Å²) in [7, 11) is 0. The summed E-state index contributed by atoms with van der Waals surface area (Å²) in [5.74, 6) is -0.313. The number of aliphatic hydroxyl groups excluding tert-OH is 1. The van der Waals surface area contributed by atoms with Gasteiger partial charge in [0, 0.05) is 12.4 Å². The fourth-order valence-corrected chi connectivity index (χ4v) is 2.09. The predicted octanol–water partition coefficient (Wildman–Crippen LogP) is 2.07. The van der Waals surface area contributed by atoms with Crippen LogP contribution in [0.1, 0.15) is 15.9 Å². The van der Waals surface area contributed by atoms with Gasteiger partial charge in [0.05, 0.1) is 23.2 Å². The highest BCUT2D eigenvalue weighted by Crippen LogP contribution is 2.13. The van der Waals surface area contributed by atoms with Crippen LogP contribution in [0.2, 0.25) is 5.02 Å². The number of carbonyl (C=O) groups excluding carboxylic acids is 1. The van der Waals surface area contributed by atoms with E-state index in [4.69, 9.17) is 11.6 Å². The quantitative estimate of drug-likeness (QED) is 0.886. The minimum absolute atomic E-state index is 0.136. The smallest absolute Gasteiger partial charge is 0.253 e. The SMILES string of the molecule is O=C(N[C@H](CO)Cc1ccccc1)c1ccncc1Cl. The van der Waals surface area contributed by atoms with Crippen LogP contribution in [0, 0.1) is 0 Å². The molecule has 1 aromatic heterocycles. The van der Waals surface area contributed by atoms with E-state index >= 15 is 0 Å². The lowest BCUT2D eigenvalue weighted by molar-refractivity contribution is 0.0916. The van der Waals surface area contributed by atoms with Crippen molar-refractivity contribution in [1.29, 1.82) is 0 Å². The Balaban J connectivity index is 2.03. The molecule has 5 heteroatoms. The molecular weight excluding hydrogens is 276 g/mol. The van der Waals surface area contributed by atoms with E-state index in [1.807, 2.05) is 30.3 Å². The third-order valence-corrected chi connectivity index (χ3v) is 3.20. The molecule has 1 amide bonds. The van der Waals surface area contributed by atoms with Crippen molar-refractivity contribution in [1.82, 2.24) is 10.3 Å². The zero-order valence-corrected chi connectivity index (χ0v) is 11.5. The zero-order chi connectivity index (χ0) is 14.4. The summed E-state index contributed by atoms with van der Waals surface area (Å²) in [6.45, 7) is -0.136. The highest BCUT2D eigenvalue weighted by molar-refractivity contribution is 6.33. The average molecular weight is 291 g/mol. The van der Waals surface area contributed by atoms with Gasteiger partial charge in [0.25, 0.3) is 5.91 Å². The molecule has 0 aliphatic rings. The second-order valence-corrected chi connectivity index (χ2v) is 4.81. The van der Waals surface area contributed by atoms with E-state index in [2.05, 4.69) is 10.3 Å². The van der Waals surface area contributed by atoms with Gasteiger partial charge in [-0.2, -0.15) is 0 Å². The number of carbonyl (C=O) groups is 1. The summed E-state index contributed by atoms with van der Waals surface area (Å²) in [6.07, 6.45) is 3.49. The first-order chi connectivity index (χ1) is 9.70. The predicted molar refractivity (Wildman–Crippen MR) is 77.7 cm³/mol. The highest BCUT2D eigenvalue weighted by atomic mass is 35.5. The molecule has 0 aliphatic heterocycles. The second-order valence-electron chi connectivity index (χ2n) is 4.40. The Morgan fingerprint density at radius 1 is 1.30 bits per heavy atom. The van der Waals surface area contributed by atoms with Crippen LogP contribution in [-0.2, 0) is 6.42 Å². The number of nitrogens with zero attached hydrogens (tertiary/aromatic N) is 1. The van der Waals surface area contributed by atoms with Crippen molar-refractivity contribution in [3.63, 3.8) is 0 Å². The first-order valence-corrected chi connectivity index (χ1v) is 6.63. The summed E-state index contributed by atoms with van der Waals surface area (Å²) >= 11 is 5.92. The van der Waals surface area contributed by atoms with E-state index in [1.165, 1.54) is 12.4 Å². The maximum atomic E-state index is 12.1. The number of hydrogen-bond acceptors (Lipinski definition) is 3. The molecule has 0 saturated heterocycles. The fourth-order valence-electron chi connectivity index (χ4n) is 1.88. The first-order valence-electron chi connectivity index (χ1n) is 6.26. The largest absolute Gasteiger partial charge is 0.394 e. The normalized spacial score (nSPS) is 11.9. The number of aliphatic hydroxyl groups is 1. The van der Waals surface area contributed by atoms with E-state index in [9.17, 15) is 9.90 Å². The molecule has 1 atom stereocenters. The second kappa shape index (κ2) is 7.03. The Bertz CT molecular complexity index is 575. The number of nitrogens with one attached hydrogen (secondary N) is 1. The molecule has 1 heterocycles. The Labute approximate surface area is 122 Å². The van der Waals surface area contributed by atoms with Gasteiger partial charge in [0.1, 0.15) is 0 Å².